The molecule has 0 spiro atoms. The first-order chi connectivity index (χ1) is 12.4. The van der Waals surface area contributed by atoms with E-state index < -0.39 is 4.92 Å². The number of anilines is 1. The van der Waals surface area contributed by atoms with Crippen LogP contribution in [0.2, 0.25) is 5.02 Å². The zero-order chi connectivity index (χ0) is 19.1. The zero-order valence-electron chi connectivity index (χ0n) is 14.6. The molecule has 2 aromatic rings. The summed E-state index contributed by atoms with van der Waals surface area (Å²) in [6.07, 6.45) is 0. The molecule has 0 aliphatic rings. The minimum absolute atomic E-state index is 0.00827. The SMILES string of the molecule is CN(CCOc1ccc(Cl)cc1)CC(=O)N(C)c1ccc([N+](=O)[O-])cc1. The Morgan fingerprint density at radius 1 is 1.12 bits per heavy atom. The van der Waals surface area contributed by atoms with Crippen LogP contribution in [0, 0.1) is 10.1 Å². The van der Waals surface area contributed by atoms with Crippen LogP contribution in [-0.4, -0.2) is 49.5 Å². The number of benzene rings is 2. The number of carbonyl (C=O) groups is 1. The smallest absolute Gasteiger partial charge is 0.269 e. The topological polar surface area (TPSA) is 75.9 Å². The molecule has 26 heavy (non-hydrogen) atoms. The van der Waals surface area contributed by atoms with E-state index in [9.17, 15) is 14.9 Å². The second kappa shape index (κ2) is 9.17. The first kappa shape index (κ1) is 19.7. The lowest BCUT2D eigenvalue weighted by Gasteiger charge is -2.22. The molecule has 0 aromatic heterocycles. The molecule has 138 valence electrons. The van der Waals surface area contributed by atoms with Crippen molar-refractivity contribution in [1.82, 2.24) is 4.90 Å². The molecule has 0 saturated carbocycles. The fraction of sp³-hybridized carbons (Fsp3) is 0.278. The van der Waals surface area contributed by atoms with Crippen LogP contribution in [0.5, 0.6) is 5.75 Å². The van der Waals surface area contributed by atoms with E-state index >= 15 is 0 Å². The van der Waals surface area contributed by atoms with Gasteiger partial charge in [-0.1, -0.05) is 11.6 Å². The van der Waals surface area contributed by atoms with Crippen LogP contribution in [0.1, 0.15) is 0 Å². The van der Waals surface area contributed by atoms with E-state index in [1.165, 1.54) is 17.0 Å². The molecule has 0 saturated heterocycles. The van der Waals surface area contributed by atoms with Gasteiger partial charge in [0.1, 0.15) is 12.4 Å². The van der Waals surface area contributed by atoms with Gasteiger partial charge < -0.3 is 9.64 Å². The third-order valence-corrected chi connectivity index (χ3v) is 4.03. The Hall–Kier alpha value is -2.64. The second-order valence-electron chi connectivity index (χ2n) is 5.77. The van der Waals surface area contributed by atoms with E-state index in [1.807, 2.05) is 11.9 Å². The summed E-state index contributed by atoms with van der Waals surface area (Å²) in [6, 6.07) is 12.9. The predicted molar refractivity (Wildman–Crippen MR) is 101 cm³/mol. The molecule has 2 rings (SSSR count). The van der Waals surface area contributed by atoms with Gasteiger partial charge in [0.15, 0.2) is 0 Å². The van der Waals surface area contributed by atoms with E-state index in [2.05, 4.69) is 0 Å². The Balaban J connectivity index is 1.79. The fourth-order valence-corrected chi connectivity index (χ4v) is 2.33. The number of ether oxygens (including phenoxy) is 1. The molecule has 0 fully saturated rings. The number of hydrogen-bond donors (Lipinski definition) is 0. The van der Waals surface area contributed by atoms with Crippen LogP contribution in [0.3, 0.4) is 0 Å². The van der Waals surface area contributed by atoms with Crippen LogP contribution < -0.4 is 9.64 Å². The number of nitrogens with zero attached hydrogens (tertiary/aromatic N) is 3. The van der Waals surface area contributed by atoms with E-state index in [-0.39, 0.29) is 18.1 Å². The second-order valence-corrected chi connectivity index (χ2v) is 6.20. The maximum absolute atomic E-state index is 12.3. The van der Waals surface area contributed by atoms with Crippen molar-refractivity contribution in [1.29, 1.82) is 0 Å². The molecule has 0 atom stereocenters. The standard InChI is InChI=1S/C18H20ClN3O4/c1-20(11-12-26-17-9-3-14(19)4-10-17)13-18(23)21(2)15-5-7-16(8-6-15)22(24)25/h3-10H,11-13H2,1-2H3. The Morgan fingerprint density at radius 3 is 2.31 bits per heavy atom. The number of halogens is 1. The third-order valence-electron chi connectivity index (χ3n) is 3.78. The Labute approximate surface area is 156 Å². The molecule has 0 aliphatic carbocycles. The number of rotatable bonds is 8. The van der Waals surface area contributed by atoms with Gasteiger partial charge in [-0.2, -0.15) is 0 Å². The highest BCUT2D eigenvalue weighted by Gasteiger charge is 2.14. The summed E-state index contributed by atoms with van der Waals surface area (Å²) in [7, 11) is 3.47. The largest absolute Gasteiger partial charge is 0.492 e. The summed E-state index contributed by atoms with van der Waals surface area (Å²) in [4.78, 5) is 25.9. The molecule has 0 unspecified atom stereocenters. The summed E-state index contributed by atoms with van der Waals surface area (Å²) < 4.78 is 5.60. The maximum atomic E-state index is 12.3. The molecule has 7 nitrogen and oxygen atoms in total. The number of likely N-dealkylation sites (N-methyl/N-ethyl adjacent to an activating group) is 2. The molecule has 2 aromatic carbocycles. The van der Waals surface area contributed by atoms with Crippen LogP contribution in [0.25, 0.3) is 0 Å². The summed E-state index contributed by atoms with van der Waals surface area (Å²) >= 11 is 5.82. The van der Waals surface area contributed by atoms with E-state index in [1.54, 1.807) is 43.4 Å². The molecular formula is C18H20ClN3O4. The minimum Gasteiger partial charge on any atom is -0.492 e. The summed E-state index contributed by atoms with van der Waals surface area (Å²) in [5, 5.41) is 11.3. The summed E-state index contributed by atoms with van der Waals surface area (Å²) in [5.41, 5.74) is 0.595. The molecule has 1 amide bonds. The van der Waals surface area contributed by atoms with Crippen LogP contribution >= 0.6 is 11.6 Å². The first-order valence-electron chi connectivity index (χ1n) is 7.95. The van der Waals surface area contributed by atoms with Crippen LogP contribution in [0.15, 0.2) is 48.5 Å². The van der Waals surface area contributed by atoms with Crippen molar-refractivity contribution in [2.75, 3.05) is 38.7 Å². The number of carbonyl (C=O) groups excluding carboxylic acids is 1. The zero-order valence-corrected chi connectivity index (χ0v) is 15.3. The molecule has 0 N–H and O–H groups in total. The predicted octanol–water partition coefficient (Wildman–Crippen LogP) is 3.22. The van der Waals surface area contributed by atoms with Crippen molar-refractivity contribution in [3.05, 3.63) is 63.7 Å². The highest BCUT2D eigenvalue weighted by molar-refractivity contribution is 6.30. The van der Waals surface area contributed by atoms with Crippen molar-refractivity contribution in [2.24, 2.45) is 0 Å². The monoisotopic (exact) mass is 377 g/mol. The summed E-state index contributed by atoms with van der Waals surface area (Å²) in [5.74, 6) is 0.602. The van der Waals surface area contributed by atoms with Gasteiger partial charge in [-0.25, -0.2) is 0 Å². The number of nitro benzene ring substituents is 1. The van der Waals surface area contributed by atoms with Crippen molar-refractivity contribution in [2.45, 2.75) is 0 Å². The molecule has 0 aliphatic heterocycles. The van der Waals surface area contributed by atoms with Gasteiger partial charge in [0.2, 0.25) is 5.91 Å². The molecule has 0 heterocycles. The van der Waals surface area contributed by atoms with Crippen LogP contribution in [0.4, 0.5) is 11.4 Å². The lowest BCUT2D eigenvalue weighted by Crippen LogP contribution is -2.38. The highest BCUT2D eigenvalue weighted by Crippen LogP contribution is 2.18. The van der Waals surface area contributed by atoms with Crippen molar-refractivity contribution >= 4 is 28.9 Å². The average molecular weight is 378 g/mol. The van der Waals surface area contributed by atoms with Gasteiger partial charge in [-0.05, 0) is 43.4 Å². The minimum atomic E-state index is -0.472. The number of nitro groups is 1. The van der Waals surface area contributed by atoms with Gasteiger partial charge in [0.05, 0.1) is 11.5 Å². The Kier molecular flexibility index (Phi) is 6.94. The van der Waals surface area contributed by atoms with Gasteiger partial charge in [0, 0.05) is 36.4 Å². The lowest BCUT2D eigenvalue weighted by atomic mass is 10.2. The number of hydrogen-bond acceptors (Lipinski definition) is 5. The third kappa shape index (κ3) is 5.72. The van der Waals surface area contributed by atoms with Gasteiger partial charge in [-0.3, -0.25) is 19.8 Å². The van der Waals surface area contributed by atoms with Gasteiger partial charge in [0.25, 0.3) is 5.69 Å². The normalized spacial score (nSPS) is 10.6. The Morgan fingerprint density at radius 2 is 1.73 bits per heavy atom. The van der Waals surface area contributed by atoms with Gasteiger partial charge >= 0.3 is 0 Å². The molecule has 0 bridgehead atoms. The van der Waals surface area contributed by atoms with Crippen LogP contribution in [-0.2, 0) is 4.79 Å². The average Bonchev–Trinajstić information content (AvgIpc) is 2.62. The van der Waals surface area contributed by atoms with Crippen molar-refractivity contribution in [3.8, 4) is 5.75 Å². The van der Waals surface area contributed by atoms with Gasteiger partial charge in [-0.15, -0.1) is 0 Å². The fourth-order valence-electron chi connectivity index (χ4n) is 2.21. The van der Waals surface area contributed by atoms with E-state index in [0.717, 1.165) is 5.75 Å². The van der Waals surface area contributed by atoms with Crippen molar-refractivity contribution < 1.29 is 14.5 Å². The number of amides is 1. The molecule has 8 heteroatoms. The number of non-ortho nitro benzene ring substituents is 1. The van der Waals surface area contributed by atoms with E-state index in [4.69, 9.17) is 16.3 Å². The van der Waals surface area contributed by atoms with E-state index in [0.29, 0.717) is 23.9 Å². The molecular weight excluding hydrogens is 358 g/mol. The first-order valence-corrected chi connectivity index (χ1v) is 8.32. The van der Waals surface area contributed by atoms with Crippen molar-refractivity contribution in [3.63, 3.8) is 0 Å². The summed E-state index contributed by atoms with van der Waals surface area (Å²) in [6.45, 7) is 1.21. The lowest BCUT2D eigenvalue weighted by molar-refractivity contribution is -0.384. The Bertz CT molecular complexity index is 750. The highest BCUT2D eigenvalue weighted by atomic mass is 35.5. The maximum Gasteiger partial charge on any atom is 0.269 e. The molecule has 0 radical (unpaired) electrons. The quantitative estimate of drug-likeness (QED) is 0.521.